The van der Waals surface area contributed by atoms with Gasteiger partial charge in [-0.1, -0.05) is 119 Å². The van der Waals surface area contributed by atoms with Crippen molar-refractivity contribution in [2.45, 2.75) is 46.5 Å². The standard InChI is InChI=1S/C41H37N2S/c1-24(2)28-14-11-15-29(25(3)4)38(28)43-36-17-10-9-16-35(36)42(6)41(43)37-26(5)18-20-34-33-23-22-31-30-13-8-7-12-27(30)19-21-32(31)39(33)44-40(34)37/h7-25H,1-6H3/q+1. The van der Waals surface area contributed by atoms with Crippen LogP contribution in [-0.2, 0) is 7.05 Å². The number of aromatic nitrogens is 2. The van der Waals surface area contributed by atoms with Gasteiger partial charge in [0.1, 0.15) is 5.69 Å². The summed E-state index contributed by atoms with van der Waals surface area (Å²) in [5, 5.41) is 7.94. The fraction of sp³-hybridized carbons (Fsp3) is 0.195. The van der Waals surface area contributed by atoms with Crippen molar-refractivity contribution >= 4 is 64.1 Å². The SMILES string of the molecule is Cc1ccc2c(sc3c2ccc2c4ccccc4ccc23)c1-c1n(-c2c(C(C)C)cccc2C(C)C)c2ccccc2[n+]1C. The number of imidazole rings is 1. The molecule has 0 aliphatic heterocycles. The van der Waals surface area contributed by atoms with Gasteiger partial charge in [0.15, 0.2) is 11.0 Å². The molecular formula is C41H37N2S+. The largest absolute Gasteiger partial charge is 0.296 e. The second kappa shape index (κ2) is 10.0. The second-order valence-electron chi connectivity index (χ2n) is 12.9. The van der Waals surface area contributed by atoms with Crippen molar-refractivity contribution in [1.29, 1.82) is 0 Å². The van der Waals surface area contributed by atoms with Gasteiger partial charge in [-0.25, -0.2) is 4.57 Å². The molecule has 0 fully saturated rings. The third-order valence-corrected chi connectivity index (χ3v) is 10.8. The van der Waals surface area contributed by atoms with Crippen LogP contribution in [0.2, 0.25) is 0 Å². The van der Waals surface area contributed by atoms with Gasteiger partial charge in [-0.15, -0.1) is 11.3 Å². The smallest absolute Gasteiger partial charge is 0.225 e. The van der Waals surface area contributed by atoms with Crippen LogP contribution in [0.1, 0.15) is 56.2 Å². The minimum atomic E-state index is 0.394. The molecule has 0 amide bonds. The van der Waals surface area contributed by atoms with E-state index in [1.165, 1.54) is 86.5 Å². The average Bonchev–Trinajstić information content (AvgIpc) is 3.55. The number of benzene rings is 6. The average molecular weight is 590 g/mol. The molecule has 0 aliphatic rings. The fourth-order valence-electron chi connectivity index (χ4n) is 7.35. The Morgan fingerprint density at radius 1 is 0.591 bits per heavy atom. The Kier molecular flexibility index (Phi) is 6.18. The van der Waals surface area contributed by atoms with E-state index in [2.05, 4.69) is 154 Å². The van der Waals surface area contributed by atoms with Crippen LogP contribution in [0.5, 0.6) is 0 Å². The van der Waals surface area contributed by atoms with Crippen LogP contribution in [-0.4, -0.2) is 4.57 Å². The molecule has 216 valence electrons. The van der Waals surface area contributed by atoms with Gasteiger partial charge < -0.3 is 0 Å². The van der Waals surface area contributed by atoms with E-state index in [1.807, 2.05) is 11.3 Å². The molecular weight excluding hydrogens is 553 g/mol. The molecule has 0 bridgehead atoms. The molecule has 2 nitrogen and oxygen atoms in total. The number of hydrogen-bond acceptors (Lipinski definition) is 1. The van der Waals surface area contributed by atoms with E-state index >= 15 is 0 Å². The Hall–Kier alpha value is -4.47. The van der Waals surface area contributed by atoms with E-state index in [1.54, 1.807) is 0 Å². The van der Waals surface area contributed by atoms with Crippen LogP contribution in [0, 0.1) is 6.92 Å². The lowest BCUT2D eigenvalue weighted by atomic mass is 9.92. The maximum absolute atomic E-state index is 2.58. The van der Waals surface area contributed by atoms with Crippen molar-refractivity contribution in [3.8, 4) is 17.1 Å². The molecule has 0 N–H and O–H groups in total. The Bertz CT molecular complexity index is 2390. The summed E-state index contributed by atoms with van der Waals surface area (Å²) in [6, 6.07) is 38.5. The number of hydrogen-bond donors (Lipinski definition) is 0. The minimum Gasteiger partial charge on any atom is -0.225 e. The first-order valence-corrected chi connectivity index (χ1v) is 16.6. The van der Waals surface area contributed by atoms with Gasteiger partial charge in [-0.3, -0.25) is 0 Å². The van der Waals surface area contributed by atoms with E-state index < -0.39 is 0 Å². The molecule has 0 saturated heterocycles. The number of thiophene rings is 1. The third-order valence-electron chi connectivity index (χ3n) is 9.54. The monoisotopic (exact) mass is 589 g/mol. The summed E-state index contributed by atoms with van der Waals surface area (Å²) in [6.45, 7) is 11.6. The van der Waals surface area contributed by atoms with Crippen molar-refractivity contribution in [3.05, 3.63) is 120 Å². The van der Waals surface area contributed by atoms with E-state index in [0.717, 1.165) is 0 Å². The molecule has 2 aromatic heterocycles. The summed E-state index contributed by atoms with van der Waals surface area (Å²) < 4.78 is 7.73. The topological polar surface area (TPSA) is 8.81 Å². The molecule has 0 radical (unpaired) electrons. The van der Waals surface area contributed by atoms with Gasteiger partial charge in [0.25, 0.3) is 5.82 Å². The zero-order valence-electron chi connectivity index (χ0n) is 26.3. The molecule has 3 heteroatoms. The Morgan fingerprint density at radius 2 is 1.20 bits per heavy atom. The van der Waals surface area contributed by atoms with Gasteiger partial charge in [-0.05, 0) is 52.6 Å². The lowest BCUT2D eigenvalue weighted by Gasteiger charge is -2.18. The summed E-state index contributed by atoms with van der Waals surface area (Å²) in [4.78, 5) is 0. The van der Waals surface area contributed by atoms with E-state index in [-0.39, 0.29) is 0 Å². The predicted molar refractivity (Wildman–Crippen MR) is 191 cm³/mol. The Labute approximate surface area is 262 Å². The van der Waals surface area contributed by atoms with Crippen LogP contribution in [0.15, 0.2) is 103 Å². The minimum absolute atomic E-state index is 0.394. The zero-order valence-corrected chi connectivity index (χ0v) is 27.1. The van der Waals surface area contributed by atoms with Crippen molar-refractivity contribution in [2.24, 2.45) is 7.05 Å². The maximum Gasteiger partial charge on any atom is 0.296 e. The number of fused-ring (bicyclic) bond motifs is 8. The van der Waals surface area contributed by atoms with Gasteiger partial charge in [0, 0.05) is 32.0 Å². The predicted octanol–water partition coefficient (Wildman–Crippen LogP) is 11.4. The van der Waals surface area contributed by atoms with Crippen molar-refractivity contribution in [2.75, 3.05) is 0 Å². The molecule has 6 aromatic carbocycles. The molecule has 0 unspecified atom stereocenters. The summed E-state index contributed by atoms with van der Waals surface area (Å²) in [5.41, 5.74) is 9.21. The summed E-state index contributed by atoms with van der Waals surface area (Å²) >= 11 is 1.95. The fourth-order valence-corrected chi connectivity index (χ4v) is 8.78. The molecule has 8 aromatic rings. The molecule has 0 saturated carbocycles. The Morgan fingerprint density at radius 3 is 1.98 bits per heavy atom. The highest BCUT2D eigenvalue weighted by atomic mass is 32.1. The van der Waals surface area contributed by atoms with Gasteiger partial charge in [-0.2, -0.15) is 4.57 Å². The van der Waals surface area contributed by atoms with E-state index in [0.29, 0.717) is 11.8 Å². The lowest BCUT2D eigenvalue weighted by Crippen LogP contribution is -2.30. The molecule has 0 aliphatic carbocycles. The van der Waals surface area contributed by atoms with Crippen molar-refractivity contribution in [3.63, 3.8) is 0 Å². The molecule has 0 spiro atoms. The molecule has 2 heterocycles. The third kappa shape index (κ3) is 3.82. The molecule has 0 atom stereocenters. The maximum atomic E-state index is 2.58. The van der Waals surface area contributed by atoms with E-state index in [9.17, 15) is 0 Å². The Balaban J connectivity index is 1.54. The van der Waals surface area contributed by atoms with Crippen LogP contribution < -0.4 is 4.57 Å². The number of nitrogens with zero attached hydrogens (tertiary/aromatic N) is 2. The van der Waals surface area contributed by atoms with Crippen LogP contribution in [0.25, 0.3) is 69.8 Å². The first-order chi connectivity index (χ1) is 21.3. The van der Waals surface area contributed by atoms with Crippen molar-refractivity contribution < 1.29 is 4.57 Å². The molecule has 44 heavy (non-hydrogen) atoms. The second-order valence-corrected chi connectivity index (χ2v) is 13.9. The first kappa shape index (κ1) is 27.1. The van der Waals surface area contributed by atoms with Crippen LogP contribution in [0.4, 0.5) is 0 Å². The number of para-hydroxylation sites is 3. The zero-order chi connectivity index (χ0) is 30.3. The summed E-state index contributed by atoms with van der Waals surface area (Å²) in [6.07, 6.45) is 0. The van der Waals surface area contributed by atoms with Gasteiger partial charge in [0.2, 0.25) is 0 Å². The van der Waals surface area contributed by atoms with Gasteiger partial charge in [0.05, 0.1) is 17.3 Å². The van der Waals surface area contributed by atoms with Crippen LogP contribution >= 0.6 is 11.3 Å². The highest BCUT2D eigenvalue weighted by Gasteiger charge is 2.33. The molecule has 8 rings (SSSR count). The summed E-state index contributed by atoms with van der Waals surface area (Å²) in [5.74, 6) is 2.03. The highest BCUT2D eigenvalue weighted by Crippen LogP contribution is 2.46. The van der Waals surface area contributed by atoms with Gasteiger partial charge >= 0.3 is 0 Å². The first-order valence-electron chi connectivity index (χ1n) is 15.7. The van der Waals surface area contributed by atoms with Crippen molar-refractivity contribution in [1.82, 2.24) is 4.57 Å². The summed E-state index contributed by atoms with van der Waals surface area (Å²) in [7, 11) is 2.24. The quantitative estimate of drug-likeness (QED) is 0.143. The normalized spacial score (nSPS) is 12.3. The van der Waals surface area contributed by atoms with Crippen LogP contribution in [0.3, 0.4) is 0 Å². The number of aryl methyl sites for hydroxylation is 2. The highest BCUT2D eigenvalue weighted by molar-refractivity contribution is 7.27. The number of rotatable bonds is 4. The lowest BCUT2D eigenvalue weighted by molar-refractivity contribution is -0.633. The van der Waals surface area contributed by atoms with E-state index in [4.69, 9.17) is 0 Å².